The van der Waals surface area contributed by atoms with Crippen molar-refractivity contribution in [2.75, 3.05) is 5.32 Å². The fraction of sp³-hybridized carbons (Fsp3) is 0.190. The van der Waals surface area contributed by atoms with Gasteiger partial charge >= 0.3 is 6.36 Å². The van der Waals surface area contributed by atoms with Crippen LogP contribution in [0.3, 0.4) is 0 Å². The van der Waals surface area contributed by atoms with Crippen molar-refractivity contribution in [1.29, 1.82) is 0 Å². The van der Waals surface area contributed by atoms with Gasteiger partial charge in [0.2, 0.25) is 5.95 Å². The van der Waals surface area contributed by atoms with Crippen LogP contribution in [0.25, 0.3) is 11.3 Å². The first-order chi connectivity index (χ1) is 14.9. The maximum atomic E-state index is 14.5. The van der Waals surface area contributed by atoms with Crippen LogP contribution in [0.1, 0.15) is 29.8 Å². The van der Waals surface area contributed by atoms with Crippen molar-refractivity contribution in [3.63, 3.8) is 0 Å². The second-order valence-corrected chi connectivity index (χ2v) is 8.46. The summed E-state index contributed by atoms with van der Waals surface area (Å²) in [6, 6.07) is 8.68. The topological polar surface area (TPSA) is 76.1 Å². The molecule has 1 aliphatic heterocycles. The van der Waals surface area contributed by atoms with E-state index in [1.165, 1.54) is 18.2 Å². The van der Waals surface area contributed by atoms with E-state index < -0.39 is 23.5 Å². The van der Waals surface area contributed by atoms with Gasteiger partial charge in [0.1, 0.15) is 5.69 Å². The first-order valence-corrected chi connectivity index (χ1v) is 10.0. The quantitative estimate of drug-likeness (QED) is 0.442. The van der Waals surface area contributed by atoms with Crippen LogP contribution in [0.4, 0.5) is 29.2 Å². The lowest BCUT2D eigenvalue weighted by atomic mass is 9.93. The summed E-state index contributed by atoms with van der Waals surface area (Å²) in [6.07, 6.45) is -4.01. The lowest BCUT2D eigenvalue weighted by Gasteiger charge is -2.19. The third-order valence-corrected chi connectivity index (χ3v) is 5.29. The molecule has 2 N–H and O–H groups in total. The summed E-state index contributed by atoms with van der Waals surface area (Å²) in [5.41, 5.74) is 0.730. The van der Waals surface area contributed by atoms with Gasteiger partial charge in [0.15, 0.2) is 11.6 Å². The van der Waals surface area contributed by atoms with Gasteiger partial charge in [-0.2, -0.15) is 0 Å². The van der Waals surface area contributed by atoms with Crippen molar-refractivity contribution >= 4 is 33.5 Å². The molecular formula is C21H15BrF4N4O2. The number of fused-ring (bicyclic) bond motifs is 1. The largest absolute Gasteiger partial charge is 0.573 e. The number of aromatic nitrogens is 2. The Labute approximate surface area is 188 Å². The zero-order valence-corrected chi connectivity index (χ0v) is 18.2. The van der Waals surface area contributed by atoms with Crippen molar-refractivity contribution in [2.24, 2.45) is 0 Å². The first-order valence-electron chi connectivity index (χ1n) is 9.25. The van der Waals surface area contributed by atoms with Gasteiger partial charge in [0, 0.05) is 15.6 Å². The highest BCUT2D eigenvalue weighted by Gasteiger charge is 2.35. The minimum absolute atomic E-state index is 0.0793. The summed E-state index contributed by atoms with van der Waals surface area (Å²) in [7, 11) is 0. The SMILES string of the molecule is CC1(C)NC(=O)c2cc(-c3nc(Nc4cc(Br)ccc4OC(F)(F)F)ncc3F)ccc21. The van der Waals surface area contributed by atoms with E-state index in [-0.39, 0.29) is 23.2 Å². The van der Waals surface area contributed by atoms with E-state index in [4.69, 9.17) is 0 Å². The van der Waals surface area contributed by atoms with Crippen LogP contribution in [0, 0.1) is 5.82 Å². The highest BCUT2D eigenvalue weighted by atomic mass is 79.9. The zero-order chi connectivity index (χ0) is 23.3. The Morgan fingerprint density at radius 1 is 1.16 bits per heavy atom. The van der Waals surface area contributed by atoms with E-state index >= 15 is 0 Å². The third-order valence-electron chi connectivity index (χ3n) is 4.79. The number of ether oxygens (including phenoxy) is 1. The van der Waals surface area contributed by atoms with Crippen LogP contribution < -0.4 is 15.4 Å². The number of hydrogen-bond donors (Lipinski definition) is 2. The summed E-state index contributed by atoms with van der Waals surface area (Å²) in [6.45, 7) is 3.70. The number of amides is 1. The predicted octanol–water partition coefficient (Wildman–Crippen LogP) is 5.67. The number of nitrogens with one attached hydrogen (secondary N) is 2. The Kier molecular flexibility index (Phi) is 5.32. The number of rotatable bonds is 4. The Morgan fingerprint density at radius 2 is 1.91 bits per heavy atom. The van der Waals surface area contributed by atoms with E-state index in [1.807, 2.05) is 13.8 Å². The summed E-state index contributed by atoms with van der Waals surface area (Å²) in [5, 5.41) is 5.46. The molecule has 0 saturated carbocycles. The molecule has 0 unspecified atom stereocenters. The Hall–Kier alpha value is -3.21. The van der Waals surface area contributed by atoms with E-state index in [1.54, 1.807) is 12.1 Å². The fourth-order valence-electron chi connectivity index (χ4n) is 3.41. The number of hydrogen-bond acceptors (Lipinski definition) is 5. The molecule has 0 bridgehead atoms. The van der Waals surface area contributed by atoms with Gasteiger partial charge in [-0.3, -0.25) is 4.79 Å². The lowest BCUT2D eigenvalue weighted by Crippen LogP contribution is -2.32. The molecule has 0 fully saturated rings. The third kappa shape index (κ3) is 4.38. The molecule has 3 aromatic rings. The van der Waals surface area contributed by atoms with Crippen molar-refractivity contribution < 1.29 is 27.1 Å². The molecule has 0 spiro atoms. The molecule has 1 aliphatic rings. The van der Waals surface area contributed by atoms with Crippen molar-refractivity contribution in [3.8, 4) is 17.0 Å². The molecule has 4 rings (SSSR count). The molecule has 0 atom stereocenters. The molecule has 0 radical (unpaired) electrons. The fourth-order valence-corrected chi connectivity index (χ4v) is 3.77. The molecule has 1 aromatic heterocycles. The van der Waals surface area contributed by atoms with E-state index in [0.717, 1.165) is 17.8 Å². The van der Waals surface area contributed by atoms with Crippen molar-refractivity contribution in [1.82, 2.24) is 15.3 Å². The van der Waals surface area contributed by atoms with Crippen LogP contribution in [0.15, 0.2) is 47.1 Å². The van der Waals surface area contributed by atoms with Crippen molar-refractivity contribution in [3.05, 3.63) is 64.0 Å². The second kappa shape index (κ2) is 7.73. The van der Waals surface area contributed by atoms with Gasteiger partial charge in [0.05, 0.1) is 17.4 Å². The lowest BCUT2D eigenvalue weighted by molar-refractivity contribution is -0.274. The van der Waals surface area contributed by atoms with Crippen LogP contribution in [-0.2, 0) is 5.54 Å². The van der Waals surface area contributed by atoms with E-state index in [0.29, 0.717) is 15.6 Å². The highest BCUT2D eigenvalue weighted by Crippen LogP contribution is 2.36. The molecule has 1 amide bonds. The van der Waals surface area contributed by atoms with Gasteiger partial charge < -0.3 is 15.4 Å². The molecule has 32 heavy (non-hydrogen) atoms. The predicted molar refractivity (Wildman–Crippen MR) is 112 cm³/mol. The van der Waals surface area contributed by atoms with Gasteiger partial charge in [-0.05, 0) is 43.7 Å². The summed E-state index contributed by atoms with van der Waals surface area (Å²) in [5.74, 6) is -1.71. The van der Waals surface area contributed by atoms with Crippen LogP contribution in [0.5, 0.6) is 5.75 Å². The summed E-state index contributed by atoms with van der Waals surface area (Å²) in [4.78, 5) is 20.2. The van der Waals surface area contributed by atoms with E-state index in [2.05, 4.69) is 41.3 Å². The number of halogens is 5. The maximum absolute atomic E-state index is 14.5. The average molecular weight is 511 g/mol. The second-order valence-electron chi connectivity index (χ2n) is 7.54. The Balaban J connectivity index is 1.71. The minimum atomic E-state index is -4.90. The normalized spacial score (nSPS) is 14.7. The standard InChI is InChI=1S/C21H15BrF4N4O2/c1-20(2)13-5-3-10(7-12(13)18(31)30-20)17-14(23)9-27-19(29-17)28-15-8-11(22)4-6-16(15)32-21(24,25)26/h3-9H,1-2H3,(H,30,31)(H,27,28,29). The average Bonchev–Trinajstić information content (AvgIpc) is 2.92. The number of alkyl halides is 3. The zero-order valence-electron chi connectivity index (χ0n) is 16.6. The van der Waals surface area contributed by atoms with Gasteiger partial charge in [-0.25, -0.2) is 14.4 Å². The molecule has 6 nitrogen and oxygen atoms in total. The Bertz CT molecular complexity index is 1230. The van der Waals surface area contributed by atoms with Gasteiger partial charge in [-0.15, -0.1) is 13.2 Å². The minimum Gasteiger partial charge on any atom is -0.404 e. The van der Waals surface area contributed by atoms with E-state index in [9.17, 15) is 22.4 Å². The smallest absolute Gasteiger partial charge is 0.404 e. The highest BCUT2D eigenvalue weighted by molar-refractivity contribution is 9.10. The molecule has 2 aromatic carbocycles. The molecule has 166 valence electrons. The number of nitrogens with zero attached hydrogens (tertiary/aromatic N) is 2. The molecular weight excluding hydrogens is 496 g/mol. The number of carbonyl (C=O) groups excluding carboxylic acids is 1. The summed E-state index contributed by atoms with van der Waals surface area (Å²) >= 11 is 3.18. The first kappa shape index (κ1) is 22.0. The van der Waals surface area contributed by atoms with Gasteiger partial charge in [-0.1, -0.05) is 28.1 Å². The number of carbonyl (C=O) groups is 1. The molecule has 0 aliphatic carbocycles. The molecule has 0 saturated heterocycles. The van der Waals surface area contributed by atoms with Crippen molar-refractivity contribution in [2.45, 2.75) is 25.7 Å². The number of anilines is 2. The van der Waals surface area contributed by atoms with Crippen LogP contribution >= 0.6 is 15.9 Å². The monoisotopic (exact) mass is 510 g/mol. The maximum Gasteiger partial charge on any atom is 0.573 e. The molecule has 11 heteroatoms. The number of benzene rings is 2. The van der Waals surface area contributed by atoms with Crippen LogP contribution in [-0.4, -0.2) is 22.2 Å². The molecule has 2 heterocycles. The van der Waals surface area contributed by atoms with Crippen LogP contribution in [0.2, 0.25) is 0 Å². The van der Waals surface area contributed by atoms with Gasteiger partial charge in [0.25, 0.3) is 5.91 Å². The Morgan fingerprint density at radius 3 is 2.62 bits per heavy atom. The summed E-state index contributed by atoms with van der Waals surface area (Å²) < 4.78 is 57.2.